The lowest BCUT2D eigenvalue weighted by Gasteiger charge is -2.08. The van der Waals surface area contributed by atoms with Gasteiger partial charge in [-0.05, 0) is 62.2 Å². The maximum Gasteiger partial charge on any atom is 0.277 e. The Labute approximate surface area is 151 Å². The van der Waals surface area contributed by atoms with Crippen LogP contribution >= 0.6 is 23.2 Å². The number of hydrogen-bond donors (Lipinski definition) is 1. The number of carbonyl (C=O) groups excluding carboxylic acids is 1. The van der Waals surface area contributed by atoms with Gasteiger partial charge in [-0.3, -0.25) is 4.79 Å². The van der Waals surface area contributed by atoms with Crippen molar-refractivity contribution in [1.82, 2.24) is 5.43 Å². The summed E-state index contributed by atoms with van der Waals surface area (Å²) in [5.74, 6) is 0.299. The number of hydrogen-bond acceptors (Lipinski definition) is 3. The second-order valence-corrected chi connectivity index (χ2v) is 6.31. The second kappa shape index (κ2) is 8.18. The molecule has 0 aliphatic carbocycles. The molecule has 0 atom stereocenters. The smallest absolute Gasteiger partial charge is 0.277 e. The molecule has 2 aromatic rings. The van der Waals surface area contributed by atoms with Gasteiger partial charge in [-0.2, -0.15) is 5.10 Å². The van der Waals surface area contributed by atoms with E-state index in [0.717, 1.165) is 11.1 Å². The summed E-state index contributed by atoms with van der Waals surface area (Å²) in [6.45, 7) is 5.57. The summed E-state index contributed by atoms with van der Waals surface area (Å²) in [4.78, 5) is 11.9. The van der Waals surface area contributed by atoms with Crippen molar-refractivity contribution in [2.24, 2.45) is 5.10 Å². The van der Waals surface area contributed by atoms with Gasteiger partial charge in [0.15, 0.2) is 6.61 Å². The molecular formula is C18H18Cl2N2O2. The third-order valence-corrected chi connectivity index (χ3v) is 3.80. The topological polar surface area (TPSA) is 50.7 Å². The van der Waals surface area contributed by atoms with E-state index in [0.29, 0.717) is 27.1 Å². The third-order valence-electron chi connectivity index (χ3n) is 3.23. The molecule has 0 aromatic heterocycles. The van der Waals surface area contributed by atoms with Gasteiger partial charge in [0.25, 0.3) is 5.91 Å². The summed E-state index contributed by atoms with van der Waals surface area (Å²) < 4.78 is 5.48. The van der Waals surface area contributed by atoms with E-state index in [4.69, 9.17) is 27.9 Å². The van der Waals surface area contributed by atoms with Gasteiger partial charge in [-0.25, -0.2) is 5.43 Å². The summed E-state index contributed by atoms with van der Waals surface area (Å²) in [6, 6.07) is 10.9. The van der Waals surface area contributed by atoms with E-state index < -0.39 is 0 Å². The summed E-state index contributed by atoms with van der Waals surface area (Å²) in [5, 5.41) is 5.10. The third kappa shape index (κ3) is 5.25. The highest BCUT2D eigenvalue weighted by Crippen LogP contribution is 2.21. The Balaban J connectivity index is 1.95. The van der Waals surface area contributed by atoms with Crippen molar-refractivity contribution >= 4 is 34.8 Å². The second-order valence-electron chi connectivity index (χ2n) is 5.47. The Kier molecular flexibility index (Phi) is 6.23. The Morgan fingerprint density at radius 3 is 2.46 bits per heavy atom. The molecule has 0 saturated carbocycles. The van der Waals surface area contributed by atoms with E-state index in [9.17, 15) is 4.79 Å². The van der Waals surface area contributed by atoms with Gasteiger partial charge in [0.05, 0.1) is 5.71 Å². The minimum Gasteiger partial charge on any atom is -0.484 e. The Bertz CT molecular complexity index is 768. The van der Waals surface area contributed by atoms with E-state index in [1.807, 2.05) is 32.0 Å². The molecule has 6 heteroatoms. The highest BCUT2D eigenvalue weighted by Gasteiger charge is 2.07. The summed E-state index contributed by atoms with van der Waals surface area (Å²) in [6.07, 6.45) is 0. The molecule has 0 spiro atoms. The fraction of sp³-hybridized carbons (Fsp3) is 0.222. The number of aryl methyl sites for hydroxylation is 2. The fourth-order valence-electron chi connectivity index (χ4n) is 2.18. The first-order valence-electron chi connectivity index (χ1n) is 7.35. The van der Waals surface area contributed by atoms with Gasteiger partial charge in [0, 0.05) is 15.6 Å². The minimum atomic E-state index is -0.355. The number of halogens is 2. The fourth-order valence-corrected chi connectivity index (χ4v) is 2.60. The van der Waals surface area contributed by atoms with Crippen molar-refractivity contribution in [3.8, 4) is 5.75 Å². The van der Waals surface area contributed by atoms with Crippen molar-refractivity contribution < 1.29 is 9.53 Å². The van der Waals surface area contributed by atoms with Crippen LogP contribution in [-0.4, -0.2) is 18.2 Å². The molecule has 0 fully saturated rings. The molecule has 2 aromatic carbocycles. The van der Waals surface area contributed by atoms with Crippen LogP contribution in [0.25, 0.3) is 0 Å². The quantitative estimate of drug-likeness (QED) is 0.625. The molecule has 4 nitrogen and oxygen atoms in total. The van der Waals surface area contributed by atoms with Crippen LogP contribution in [0.4, 0.5) is 0 Å². The molecule has 0 radical (unpaired) electrons. The maximum absolute atomic E-state index is 11.9. The van der Waals surface area contributed by atoms with Crippen molar-refractivity contribution in [2.45, 2.75) is 20.8 Å². The van der Waals surface area contributed by atoms with Gasteiger partial charge in [-0.15, -0.1) is 0 Å². The molecule has 0 bridgehead atoms. The van der Waals surface area contributed by atoms with Gasteiger partial charge >= 0.3 is 0 Å². The largest absolute Gasteiger partial charge is 0.484 e. The van der Waals surface area contributed by atoms with Crippen LogP contribution in [0.3, 0.4) is 0 Å². The van der Waals surface area contributed by atoms with E-state index in [-0.39, 0.29) is 12.5 Å². The lowest BCUT2D eigenvalue weighted by molar-refractivity contribution is -0.123. The van der Waals surface area contributed by atoms with E-state index in [1.54, 1.807) is 25.1 Å². The number of amides is 1. The van der Waals surface area contributed by atoms with Crippen molar-refractivity contribution in [3.05, 3.63) is 63.1 Å². The number of nitrogens with one attached hydrogen (secondary N) is 1. The van der Waals surface area contributed by atoms with Crippen LogP contribution < -0.4 is 10.2 Å². The first-order valence-corrected chi connectivity index (χ1v) is 8.10. The van der Waals surface area contributed by atoms with Gasteiger partial charge in [0.2, 0.25) is 0 Å². The summed E-state index contributed by atoms with van der Waals surface area (Å²) in [7, 11) is 0. The average molecular weight is 365 g/mol. The lowest BCUT2D eigenvalue weighted by atomic mass is 10.1. The monoisotopic (exact) mass is 364 g/mol. The van der Waals surface area contributed by atoms with E-state index in [2.05, 4.69) is 10.5 Å². The minimum absolute atomic E-state index is 0.122. The SMILES string of the molecule is CC(=NNC(=O)COc1cc(C)cc(C)c1)c1cc(Cl)ccc1Cl. The van der Waals surface area contributed by atoms with Gasteiger partial charge in [0.1, 0.15) is 5.75 Å². The van der Waals surface area contributed by atoms with Crippen LogP contribution in [0.15, 0.2) is 41.5 Å². The molecular weight excluding hydrogens is 347 g/mol. The van der Waals surface area contributed by atoms with Gasteiger partial charge < -0.3 is 4.74 Å². The molecule has 1 amide bonds. The zero-order chi connectivity index (χ0) is 17.7. The molecule has 0 aliphatic rings. The molecule has 0 aliphatic heterocycles. The number of hydrazone groups is 1. The standard InChI is InChI=1S/C18H18Cl2N2O2/c1-11-6-12(2)8-15(7-11)24-10-18(23)22-21-13(3)16-9-14(19)4-5-17(16)20/h4-9H,10H2,1-3H3,(H,22,23). The number of carbonyl (C=O) groups is 1. The molecule has 2 rings (SSSR count). The van der Waals surface area contributed by atoms with Crippen LogP contribution in [0, 0.1) is 13.8 Å². The van der Waals surface area contributed by atoms with E-state index >= 15 is 0 Å². The Morgan fingerprint density at radius 2 is 1.79 bits per heavy atom. The van der Waals surface area contributed by atoms with Crippen molar-refractivity contribution in [1.29, 1.82) is 0 Å². The number of benzene rings is 2. The van der Waals surface area contributed by atoms with E-state index in [1.165, 1.54) is 0 Å². The first kappa shape index (κ1) is 18.3. The first-order chi connectivity index (χ1) is 11.3. The Hall–Kier alpha value is -2.04. The predicted molar refractivity (Wildman–Crippen MR) is 98.2 cm³/mol. The maximum atomic E-state index is 11.9. The molecule has 1 N–H and O–H groups in total. The molecule has 0 saturated heterocycles. The summed E-state index contributed by atoms with van der Waals surface area (Å²) >= 11 is 12.0. The van der Waals surface area contributed by atoms with Crippen LogP contribution in [0.5, 0.6) is 5.75 Å². The summed E-state index contributed by atoms with van der Waals surface area (Å²) in [5.41, 5.74) is 5.83. The average Bonchev–Trinajstić information content (AvgIpc) is 2.52. The van der Waals surface area contributed by atoms with Gasteiger partial charge in [-0.1, -0.05) is 29.3 Å². The molecule has 0 unspecified atom stereocenters. The van der Waals surface area contributed by atoms with Crippen LogP contribution in [0.2, 0.25) is 10.0 Å². The zero-order valence-electron chi connectivity index (χ0n) is 13.7. The predicted octanol–water partition coefficient (Wildman–Crippen LogP) is 4.53. The highest BCUT2D eigenvalue weighted by atomic mass is 35.5. The molecule has 126 valence electrons. The normalized spacial score (nSPS) is 11.3. The van der Waals surface area contributed by atoms with Crippen molar-refractivity contribution in [3.63, 3.8) is 0 Å². The molecule has 24 heavy (non-hydrogen) atoms. The lowest BCUT2D eigenvalue weighted by Crippen LogP contribution is -2.25. The zero-order valence-corrected chi connectivity index (χ0v) is 15.2. The highest BCUT2D eigenvalue weighted by molar-refractivity contribution is 6.36. The Morgan fingerprint density at radius 1 is 1.12 bits per heavy atom. The number of ether oxygens (including phenoxy) is 1. The van der Waals surface area contributed by atoms with Crippen molar-refractivity contribution in [2.75, 3.05) is 6.61 Å². The number of nitrogens with zero attached hydrogens (tertiary/aromatic N) is 1. The number of rotatable bonds is 5. The van der Waals surface area contributed by atoms with Crippen LogP contribution in [-0.2, 0) is 4.79 Å². The molecule has 0 heterocycles. The van der Waals surface area contributed by atoms with Crippen LogP contribution in [0.1, 0.15) is 23.6 Å².